The topological polar surface area (TPSA) is 101 Å². The summed E-state index contributed by atoms with van der Waals surface area (Å²) in [6.45, 7) is 3.47. The summed E-state index contributed by atoms with van der Waals surface area (Å²) in [4.78, 5) is 11.7. The lowest BCUT2D eigenvalue weighted by molar-refractivity contribution is -0.116. The average Bonchev–Trinajstić information content (AvgIpc) is 2.71. The molecule has 0 unspecified atom stereocenters. The molecule has 2 heterocycles. The Hall–Kier alpha value is -2.35. The maximum absolute atomic E-state index is 12.5. The lowest BCUT2D eigenvalue weighted by Gasteiger charge is -2.10. The summed E-state index contributed by atoms with van der Waals surface area (Å²) in [7, 11) is -3.78. The van der Waals surface area contributed by atoms with Crippen molar-refractivity contribution in [2.45, 2.75) is 38.0 Å². The fourth-order valence-corrected chi connectivity index (χ4v) is 3.51. The average molecular weight is 335 g/mol. The number of aryl methyl sites for hydroxylation is 2. The number of sulfonamides is 1. The summed E-state index contributed by atoms with van der Waals surface area (Å²) in [6, 6.07) is 4.67. The fraction of sp³-hybridized carbons (Fsp3) is 0.333. The molecule has 0 atom stereocenters. The summed E-state index contributed by atoms with van der Waals surface area (Å²) >= 11 is 0. The standard InChI is InChI=1S/C15H17N3O4S/c1-9-10(2)17-22-15(9)18-23(20,21)12-6-7-13-11(8-12)4-3-5-14(19)16-13/h6-8,18H,3-5H2,1-2H3,(H,16,19). The number of amides is 1. The highest BCUT2D eigenvalue weighted by atomic mass is 32.2. The molecule has 0 spiro atoms. The van der Waals surface area contributed by atoms with Crippen molar-refractivity contribution in [2.24, 2.45) is 0 Å². The molecule has 2 N–H and O–H groups in total. The minimum absolute atomic E-state index is 0.0507. The molecule has 0 fully saturated rings. The van der Waals surface area contributed by atoms with Gasteiger partial charge in [-0.1, -0.05) is 5.16 Å². The number of aromatic nitrogens is 1. The van der Waals surface area contributed by atoms with E-state index in [0.717, 1.165) is 5.56 Å². The Bertz CT molecular complexity index is 871. The quantitative estimate of drug-likeness (QED) is 0.896. The van der Waals surface area contributed by atoms with Crippen molar-refractivity contribution in [2.75, 3.05) is 10.0 Å². The van der Waals surface area contributed by atoms with Crippen LogP contribution in [0.25, 0.3) is 0 Å². The molecular formula is C15H17N3O4S. The van der Waals surface area contributed by atoms with Crippen LogP contribution in [0.2, 0.25) is 0 Å². The smallest absolute Gasteiger partial charge is 0.264 e. The number of carbonyl (C=O) groups is 1. The molecule has 0 radical (unpaired) electrons. The van der Waals surface area contributed by atoms with E-state index in [2.05, 4.69) is 15.2 Å². The van der Waals surface area contributed by atoms with E-state index >= 15 is 0 Å². The molecular weight excluding hydrogens is 318 g/mol. The Labute approximate surface area is 134 Å². The van der Waals surface area contributed by atoms with Gasteiger partial charge in [0, 0.05) is 17.7 Å². The zero-order chi connectivity index (χ0) is 16.6. The zero-order valence-corrected chi connectivity index (χ0v) is 13.7. The van der Waals surface area contributed by atoms with Gasteiger partial charge in [0.15, 0.2) is 0 Å². The highest BCUT2D eigenvalue weighted by Crippen LogP contribution is 2.27. The normalized spacial score (nSPS) is 14.8. The molecule has 122 valence electrons. The molecule has 7 nitrogen and oxygen atoms in total. The minimum Gasteiger partial charge on any atom is -0.337 e. The number of anilines is 2. The highest BCUT2D eigenvalue weighted by molar-refractivity contribution is 7.92. The number of hydrogen-bond acceptors (Lipinski definition) is 5. The zero-order valence-electron chi connectivity index (χ0n) is 12.8. The van der Waals surface area contributed by atoms with Crippen LogP contribution in [-0.4, -0.2) is 19.5 Å². The van der Waals surface area contributed by atoms with E-state index in [0.29, 0.717) is 36.2 Å². The molecule has 0 saturated heterocycles. The van der Waals surface area contributed by atoms with E-state index in [4.69, 9.17) is 4.52 Å². The highest BCUT2D eigenvalue weighted by Gasteiger charge is 2.21. The summed E-state index contributed by atoms with van der Waals surface area (Å²) in [5, 5.41) is 6.52. The van der Waals surface area contributed by atoms with Crippen molar-refractivity contribution in [3.05, 3.63) is 35.0 Å². The number of fused-ring (bicyclic) bond motifs is 1. The number of nitrogens with zero attached hydrogens (tertiary/aromatic N) is 1. The van der Waals surface area contributed by atoms with E-state index in [9.17, 15) is 13.2 Å². The lowest BCUT2D eigenvalue weighted by Crippen LogP contribution is -2.14. The van der Waals surface area contributed by atoms with Crippen molar-refractivity contribution < 1.29 is 17.7 Å². The maximum Gasteiger partial charge on any atom is 0.264 e. The van der Waals surface area contributed by atoms with Gasteiger partial charge >= 0.3 is 0 Å². The van der Waals surface area contributed by atoms with Gasteiger partial charge in [-0.3, -0.25) is 4.79 Å². The second-order valence-electron chi connectivity index (χ2n) is 5.55. The monoisotopic (exact) mass is 335 g/mol. The van der Waals surface area contributed by atoms with Gasteiger partial charge in [-0.05, 0) is 50.5 Å². The van der Waals surface area contributed by atoms with Gasteiger partial charge in [-0.25, -0.2) is 13.1 Å². The van der Waals surface area contributed by atoms with Gasteiger partial charge in [0.1, 0.15) is 0 Å². The Morgan fingerprint density at radius 2 is 2.04 bits per heavy atom. The molecule has 8 heteroatoms. The number of benzene rings is 1. The van der Waals surface area contributed by atoms with Crippen LogP contribution < -0.4 is 10.0 Å². The predicted octanol–water partition coefficient (Wildman–Crippen LogP) is 2.37. The first-order valence-electron chi connectivity index (χ1n) is 7.25. The molecule has 1 aliphatic heterocycles. The van der Waals surface area contributed by atoms with Crippen LogP contribution in [0.15, 0.2) is 27.6 Å². The van der Waals surface area contributed by atoms with Crippen LogP contribution in [0.5, 0.6) is 0 Å². The van der Waals surface area contributed by atoms with Gasteiger partial charge in [0.25, 0.3) is 10.0 Å². The van der Waals surface area contributed by atoms with Crippen LogP contribution in [0.4, 0.5) is 11.6 Å². The van der Waals surface area contributed by atoms with E-state index in [1.54, 1.807) is 26.0 Å². The van der Waals surface area contributed by atoms with Crippen LogP contribution in [0, 0.1) is 13.8 Å². The van der Waals surface area contributed by atoms with E-state index < -0.39 is 10.0 Å². The van der Waals surface area contributed by atoms with Crippen LogP contribution in [0.1, 0.15) is 29.7 Å². The number of hydrogen-bond donors (Lipinski definition) is 2. The summed E-state index contributed by atoms with van der Waals surface area (Å²) in [6.07, 6.45) is 1.78. The van der Waals surface area contributed by atoms with Crippen LogP contribution in [-0.2, 0) is 21.2 Å². The first kappa shape index (κ1) is 15.5. The van der Waals surface area contributed by atoms with Crippen LogP contribution >= 0.6 is 0 Å². The summed E-state index contributed by atoms with van der Waals surface area (Å²) in [5.74, 6) is 0.0657. The third-order valence-electron chi connectivity index (χ3n) is 3.90. The second kappa shape index (κ2) is 5.69. The summed E-state index contributed by atoms with van der Waals surface area (Å²) in [5.41, 5.74) is 2.75. The van der Waals surface area contributed by atoms with E-state index in [-0.39, 0.29) is 16.7 Å². The molecule has 1 aromatic carbocycles. The van der Waals surface area contributed by atoms with Crippen molar-refractivity contribution >= 4 is 27.5 Å². The Balaban J connectivity index is 1.93. The van der Waals surface area contributed by atoms with Crippen LogP contribution in [0.3, 0.4) is 0 Å². The van der Waals surface area contributed by atoms with Gasteiger partial charge in [-0.2, -0.15) is 0 Å². The van der Waals surface area contributed by atoms with Gasteiger partial charge in [0.2, 0.25) is 11.8 Å². The first-order chi connectivity index (χ1) is 10.9. The minimum atomic E-state index is -3.78. The van der Waals surface area contributed by atoms with Gasteiger partial charge in [-0.15, -0.1) is 0 Å². The Morgan fingerprint density at radius 3 is 2.74 bits per heavy atom. The number of nitrogens with one attached hydrogen (secondary N) is 2. The van der Waals surface area contributed by atoms with Crippen molar-refractivity contribution in [3.63, 3.8) is 0 Å². The molecule has 23 heavy (non-hydrogen) atoms. The molecule has 0 bridgehead atoms. The second-order valence-corrected chi connectivity index (χ2v) is 7.23. The third-order valence-corrected chi connectivity index (χ3v) is 5.22. The largest absolute Gasteiger partial charge is 0.337 e. The van der Waals surface area contributed by atoms with E-state index in [1.165, 1.54) is 6.07 Å². The number of carbonyl (C=O) groups excluding carboxylic acids is 1. The molecule has 1 aromatic heterocycles. The predicted molar refractivity (Wildman–Crippen MR) is 84.8 cm³/mol. The van der Waals surface area contributed by atoms with Crippen molar-refractivity contribution in [1.82, 2.24) is 5.16 Å². The summed E-state index contributed by atoms with van der Waals surface area (Å²) < 4.78 is 32.4. The molecule has 3 rings (SSSR count). The molecule has 0 saturated carbocycles. The van der Waals surface area contributed by atoms with Gasteiger partial charge in [0.05, 0.1) is 10.6 Å². The van der Waals surface area contributed by atoms with Crippen molar-refractivity contribution in [3.8, 4) is 0 Å². The van der Waals surface area contributed by atoms with E-state index in [1.807, 2.05) is 0 Å². The molecule has 0 aliphatic carbocycles. The van der Waals surface area contributed by atoms with Crippen molar-refractivity contribution in [1.29, 1.82) is 0 Å². The molecule has 1 aliphatic rings. The maximum atomic E-state index is 12.5. The molecule has 1 amide bonds. The third kappa shape index (κ3) is 3.07. The van der Waals surface area contributed by atoms with Gasteiger partial charge < -0.3 is 9.84 Å². The Morgan fingerprint density at radius 1 is 1.26 bits per heavy atom. The first-order valence-corrected chi connectivity index (χ1v) is 8.73. The molecule has 2 aromatic rings. The lowest BCUT2D eigenvalue weighted by atomic mass is 10.1. The SMILES string of the molecule is Cc1noc(NS(=O)(=O)c2ccc3c(c2)CCCC(=O)N3)c1C. The number of rotatable bonds is 3. The fourth-order valence-electron chi connectivity index (χ4n) is 2.41. The Kier molecular flexibility index (Phi) is 3.85.